The Balaban J connectivity index is 2.18. The maximum atomic E-state index is 12.7. The molecule has 0 atom stereocenters. The van der Waals surface area contributed by atoms with Crippen LogP contribution in [0.1, 0.15) is 21.5 Å². The second-order valence-electron chi connectivity index (χ2n) is 5.69. The molecule has 0 amide bonds. The molecule has 0 aliphatic carbocycles. The highest BCUT2D eigenvalue weighted by atomic mass is 19.4. The molecule has 1 heterocycles. The molecule has 0 saturated heterocycles. The van der Waals surface area contributed by atoms with E-state index < -0.39 is 30.1 Å². The van der Waals surface area contributed by atoms with Crippen LogP contribution in [0.4, 0.5) is 13.2 Å². The lowest BCUT2D eigenvalue weighted by atomic mass is 10.0. The van der Waals surface area contributed by atoms with Crippen molar-refractivity contribution in [1.82, 2.24) is 4.98 Å². The van der Waals surface area contributed by atoms with Gasteiger partial charge in [-0.15, -0.1) is 0 Å². The number of carboxylic acids is 2. The third-order valence-electron chi connectivity index (χ3n) is 3.98. The monoisotopic (exact) mass is 363 g/mol. The number of benzene rings is 2. The van der Waals surface area contributed by atoms with E-state index in [0.717, 1.165) is 12.1 Å². The smallest absolute Gasteiger partial charge is 0.416 e. The van der Waals surface area contributed by atoms with E-state index >= 15 is 0 Å². The van der Waals surface area contributed by atoms with Crippen molar-refractivity contribution in [3.8, 4) is 11.3 Å². The second kappa shape index (κ2) is 6.21. The summed E-state index contributed by atoms with van der Waals surface area (Å²) in [6, 6.07) is 8.52. The summed E-state index contributed by atoms with van der Waals surface area (Å²) < 4.78 is 38.2. The van der Waals surface area contributed by atoms with E-state index in [-0.39, 0.29) is 5.56 Å². The van der Waals surface area contributed by atoms with E-state index in [1.54, 1.807) is 0 Å². The number of fused-ring (bicyclic) bond motifs is 1. The lowest BCUT2D eigenvalue weighted by molar-refractivity contribution is -0.138. The number of carboxylic acid groups (broad SMARTS) is 2. The van der Waals surface area contributed by atoms with E-state index in [1.165, 1.54) is 30.3 Å². The maximum absolute atomic E-state index is 12.7. The molecule has 5 nitrogen and oxygen atoms in total. The molecule has 1 aromatic heterocycles. The molecule has 8 heteroatoms. The van der Waals surface area contributed by atoms with Gasteiger partial charge in [0.2, 0.25) is 0 Å². The first kappa shape index (κ1) is 17.5. The Bertz CT molecular complexity index is 1000. The largest absolute Gasteiger partial charge is 0.481 e. The summed E-state index contributed by atoms with van der Waals surface area (Å²) in [5, 5.41) is 18.7. The number of halogens is 3. The van der Waals surface area contributed by atoms with Gasteiger partial charge in [0.05, 0.1) is 23.2 Å². The molecule has 0 aliphatic rings. The number of alkyl halides is 3. The Morgan fingerprint density at radius 3 is 2.19 bits per heavy atom. The van der Waals surface area contributed by atoms with E-state index in [2.05, 4.69) is 4.98 Å². The van der Waals surface area contributed by atoms with Crippen LogP contribution in [0, 0.1) is 0 Å². The van der Waals surface area contributed by atoms with E-state index in [9.17, 15) is 22.8 Å². The number of H-pyrrole nitrogens is 1. The number of aromatic amines is 1. The lowest BCUT2D eigenvalue weighted by Gasteiger charge is -2.08. The third-order valence-corrected chi connectivity index (χ3v) is 3.98. The van der Waals surface area contributed by atoms with E-state index in [1.807, 2.05) is 0 Å². The van der Waals surface area contributed by atoms with Gasteiger partial charge < -0.3 is 15.2 Å². The number of aromatic carboxylic acids is 1. The molecule has 0 saturated carbocycles. The molecule has 0 bridgehead atoms. The minimum absolute atomic E-state index is 0.0119. The Morgan fingerprint density at radius 2 is 1.65 bits per heavy atom. The minimum atomic E-state index is -4.47. The molecular weight excluding hydrogens is 351 g/mol. The predicted octanol–water partition coefficient (Wildman–Crippen LogP) is 4.18. The second-order valence-corrected chi connectivity index (χ2v) is 5.69. The Morgan fingerprint density at radius 1 is 1.00 bits per heavy atom. The predicted molar refractivity (Wildman–Crippen MR) is 87.0 cm³/mol. The van der Waals surface area contributed by atoms with Crippen LogP contribution >= 0.6 is 0 Å². The summed E-state index contributed by atoms with van der Waals surface area (Å²) in [5.41, 5.74) is 0.713. The molecule has 0 fully saturated rings. The van der Waals surface area contributed by atoms with Crippen LogP contribution in [0.25, 0.3) is 22.2 Å². The summed E-state index contributed by atoms with van der Waals surface area (Å²) in [5.74, 6) is -2.30. The molecule has 0 aliphatic heterocycles. The topological polar surface area (TPSA) is 90.4 Å². The van der Waals surface area contributed by atoms with Crippen molar-refractivity contribution in [2.24, 2.45) is 0 Å². The van der Waals surface area contributed by atoms with Crippen molar-refractivity contribution in [1.29, 1.82) is 0 Å². The summed E-state index contributed by atoms with van der Waals surface area (Å²) in [6.07, 6.45) is -4.88. The minimum Gasteiger partial charge on any atom is -0.481 e. The molecular formula is C18H12F3NO4. The molecule has 134 valence electrons. The highest BCUT2D eigenvalue weighted by Gasteiger charge is 2.30. The van der Waals surface area contributed by atoms with Crippen LogP contribution in [0.2, 0.25) is 0 Å². The van der Waals surface area contributed by atoms with Crippen LogP contribution in [0.3, 0.4) is 0 Å². The number of nitrogens with one attached hydrogen (secondary N) is 1. The standard InChI is InChI=1S/C18H12F3NO4/c19-18(20,21)11-4-1-9(2-5-11)16-13(8-15(23)24)12-7-10(17(25)26)3-6-14(12)22-16/h1-7,22H,8H2,(H,23,24)(H,25,26). The zero-order valence-electron chi connectivity index (χ0n) is 13.1. The Labute approximate surface area is 144 Å². The van der Waals surface area contributed by atoms with Crippen molar-refractivity contribution in [3.63, 3.8) is 0 Å². The molecule has 0 radical (unpaired) electrons. The van der Waals surface area contributed by atoms with E-state index in [0.29, 0.717) is 27.7 Å². The van der Waals surface area contributed by atoms with Gasteiger partial charge in [0, 0.05) is 10.9 Å². The SMILES string of the molecule is O=C(O)Cc1c(-c2ccc(C(F)(F)F)cc2)[nH]c2ccc(C(=O)O)cc12. The number of aromatic nitrogens is 1. The van der Waals surface area contributed by atoms with Crippen molar-refractivity contribution in [2.75, 3.05) is 0 Å². The first-order valence-corrected chi connectivity index (χ1v) is 7.44. The van der Waals surface area contributed by atoms with Gasteiger partial charge in [-0.25, -0.2) is 4.79 Å². The highest BCUT2D eigenvalue weighted by Crippen LogP contribution is 2.34. The zero-order chi connectivity index (χ0) is 19.1. The molecule has 3 N–H and O–H groups in total. The van der Waals surface area contributed by atoms with Crippen molar-refractivity contribution in [3.05, 3.63) is 59.2 Å². The summed E-state index contributed by atoms with van der Waals surface area (Å²) in [6.45, 7) is 0. The van der Waals surface area contributed by atoms with Crippen LogP contribution in [-0.2, 0) is 17.4 Å². The third kappa shape index (κ3) is 3.26. The van der Waals surface area contributed by atoms with Crippen LogP contribution in [-0.4, -0.2) is 27.1 Å². The van der Waals surface area contributed by atoms with Crippen LogP contribution in [0.15, 0.2) is 42.5 Å². The van der Waals surface area contributed by atoms with Gasteiger partial charge in [-0.2, -0.15) is 13.2 Å². The molecule has 3 aromatic rings. The summed E-state index contributed by atoms with van der Waals surface area (Å²) in [7, 11) is 0. The summed E-state index contributed by atoms with van der Waals surface area (Å²) >= 11 is 0. The highest BCUT2D eigenvalue weighted by molar-refractivity contribution is 5.99. The fraction of sp³-hybridized carbons (Fsp3) is 0.111. The summed E-state index contributed by atoms with van der Waals surface area (Å²) in [4.78, 5) is 25.3. The van der Waals surface area contributed by atoms with Gasteiger partial charge in [0.15, 0.2) is 0 Å². The normalized spacial score (nSPS) is 11.7. The maximum Gasteiger partial charge on any atom is 0.416 e. The number of carbonyl (C=O) groups is 2. The molecule has 26 heavy (non-hydrogen) atoms. The fourth-order valence-corrected chi connectivity index (χ4v) is 2.79. The van der Waals surface area contributed by atoms with Crippen molar-refractivity contribution < 1.29 is 33.0 Å². The number of rotatable bonds is 4. The first-order chi connectivity index (χ1) is 12.2. The Hall–Kier alpha value is -3.29. The van der Waals surface area contributed by atoms with Crippen molar-refractivity contribution in [2.45, 2.75) is 12.6 Å². The van der Waals surface area contributed by atoms with Crippen LogP contribution in [0.5, 0.6) is 0 Å². The average Bonchev–Trinajstić information content (AvgIpc) is 2.91. The first-order valence-electron chi connectivity index (χ1n) is 7.44. The van der Waals surface area contributed by atoms with Gasteiger partial charge in [-0.05, 0) is 41.5 Å². The lowest BCUT2D eigenvalue weighted by Crippen LogP contribution is -2.04. The molecule has 0 spiro atoms. The number of aliphatic carboxylic acids is 1. The van der Waals surface area contributed by atoms with Gasteiger partial charge in [0.25, 0.3) is 0 Å². The Kier molecular flexibility index (Phi) is 4.19. The number of hydrogen-bond donors (Lipinski definition) is 3. The fourth-order valence-electron chi connectivity index (χ4n) is 2.79. The molecule has 3 rings (SSSR count). The average molecular weight is 363 g/mol. The van der Waals surface area contributed by atoms with Gasteiger partial charge in [0.1, 0.15) is 0 Å². The van der Waals surface area contributed by atoms with E-state index in [4.69, 9.17) is 10.2 Å². The van der Waals surface area contributed by atoms with Gasteiger partial charge in [-0.1, -0.05) is 12.1 Å². The van der Waals surface area contributed by atoms with Crippen molar-refractivity contribution >= 4 is 22.8 Å². The quantitative estimate of drug-likeness (QED) is 0.649. The number of hydrogen-bond acceptors (Lipinski definition) is 2. The van der Waals surface area contributed by atoms with Crippen LogP contribution < -0.4 is 0 Å². The molecule has 0 unspecified atom stereocenters. The molecule has 2 aromatic carbocycles. The van der Waals surface area contributed by atoms with Gasteiger partial charge in [-0.3, -0.25) is 4.79 Å². The zero-order valence-corrected chi connectivity index (χ0v) is 13.1. The van der Waals surface area contributed by atoms with Gasteiger partial charge >= 0.3 is 18.1 Å².